The van der Waals surface area contributed by atoms with Gasteiger partial charge in [0.25, 0.3) is 0 Å². The maximum Gasteiger partial charge on any atom is 0.0624 e. The summed E-state index contributed by atoms with van der Waals surface area (Å²) in [4.78, 5) is 0. The summed E-state index contributed by atoms with van der Waals surface area (Å²) in [5.41, 5.74) is 6.55. The molecule has 0 aliphatic carbocycles. The molecule has 0 aromatic rings. The Morgan fingerprint density at radius 2 is 2.14 bits per heavy atom. The second-order valence-corrected chi connectivity index (χ2v) is 7.52. The molecule has 0 spiro atoms. The normalized spacial score (nSPS) is 33.6. The van der Waals surface area contributed by atoms with Crippen LogP contribution in [0.15, 0.2) is 0 Å². The maximum absolute atomic E-state index is 6.19. The fourth-order valence-corrected chi connectivity index (χ4v) is 3.98. The van der Waals surface area contributed by atoms with Gasteiger partial charge in [0.05, 0.1) is 13.2 Å². The lowest BCUT2D eigenvalue weighted by Crippen LogP contribution is -2.51. The molecule has 2 nitrogen and oxygen atoms in total. The minimum absolute atomic E-state index is 0.140. The van der Waals surface area contributed by atoms with Gasteiger partial charge in [0.15, 0.2) is 0 Å². The molecule has 14 heavy (non-hydrogen) atoms. The molecular formula is C10H21NOS2. The second kappa shape index (κ2) is 4.64. The van der Waals surface area contributed by atoms with Gasteiger partial charge >= 0.3 is 0 Å². The van der Waals surface area contributed by atoms with Crippen molar-refractivity contribution in [2.75, 3.05) is 25.2 Å². The van der Waals surface area contributed by atoms with E-state index in [4.69, 9.17) is 10.5 Å². The molecule has 1 aliphatic heterocycles. The average molecular weight is 235 g/mol. The van der Waals surface area contributed by atoms with Gasteiger partial charge in [-0.15, -0.1) is 0 Å². The first-order valence-corrected chi connectivity index (χ1v) is 7.66. The van der Waals surface area contributed by atoms with Crippen LogP contribution in [-0.4, -0.2) is 31.3 Å². The molecule has 1 heterocycles. The van der Waals surface area contributed by atoms with E-state index in [-0.39, 0.29) is 16.9 Å². The van der Waals surface area contributed by atoms with Crippen LogP contribution >= 0.6 is 21.6 Å². The van der Waals surface area contributed by atoms with Gasteiger partial charge in [0, 0.05) is 17.2 Å². The third-order valence-corrected chi connectivity index (χ3v) is 5.22. The molecular weight excluding hydrogens is 214 g/mol. The van der Waals surface area contributed by atoms with Crippen molar-refractivity contribution in [3.05, 3.63) is 0 Å². The zero-order valence-corrected chi connectivity index (χ0v) is 11.1. The third kappa shape index (κ3) is 2.23. The predicted octanol–water partition coefficient (Wildman–Crippen LogP) is 2.39. The molecule has 0 saturated carbocycles. The lowest BCUT2D eigenvalue weighted by molar-refractivity contribution is 0.0762. The van der Waals surface area contributed by atoms with Crippen LogP contribution in [0.4, 0.5) is 0 Å². The van der Waals surface area contributed by atoms with Crippen molar-refractivity contribution in [2.45, 2.75) is 26.8 Å². The molecule has 84 valence electrons. The van der Waals surface area contributed by atoms with E-state index in [1.54, 1.807) is 0 Å². The van der Waals surface area contributed by atoms with Crippen molar-refractivity contribution in [1.82, 2.24) is 0 Å². The number of hydrogen-bond acceptors (Lipinski definition) is 4. The number of hydrogen-bond donors (Lipinski definition) is 1. The smallest absolute Gasteiger partial charge is 0.0624 e. The van der Waals surface area contributed by atoms with Crippen LogP contribution in [0.3, 0.4) is 0 Å². The van der Waals surface area contributed by atoms with Crippen molar-refractivity contribution in [3.8, 4) is 0 Å². The first-order valence-electron chi connectivity index (χ1n) is 4.93. The summed E-state index contributed by atoms with van der Waals surface area (Å²) in [6.45, 7) is 8.32. The van der Waals surface area contributed by atoms with Crippen LogP contribution < -0.4 is 5.73 Å². The molecule has 0 bridgehead atoms. The van der Waals surface area contributed by atoms with Crippen LogP contribution in [0.25, 0.3) is 0 Å². The molecule has 2 N–H and O–H groups in total. The zero-order chi connectivity index (χ0) is 10.8. The van der Waals surface area contributed by atoms with E-state index in [0.29, 0.717) is 6.61 Å². The topological polar surface area (TPSA) is 35.2 Å². The molecule has 1 unspecified atom stereocenters. The standard InChI is InChI=1S/C10H21NOS2/c1-9(2,3)10(7-14-13-4)6-12-5-8(10)11/h8H,5-7,11H2,1-4H3/t8-,10?/m1/s1. The third-order valence-electron chi connectivity index (χ3n) is 3.29. The molecule has 4 heteroatoms. The highest BCUT2D eigenvalue weighted by molar-refractivity contribution is 8.76. The van der Waals surface area contributed by atoms with Gasteiger partial charge < -0.3 is 10.5 Å². The van der Waals surface area contributed by atoms with Crippen molar-refractivity contribution in [1.29, 1.82) is 0 Å². The van der Waals surface area contributed by atoms with E-state index < -0.39 is 0 Å². The van der Waals surface area contributed by atoms with Gasteiger partial charge in [0.1, 0.15) is 0 Å². The molecule has 1 fully saturated rings. The molecule has 1 saturated heterocycles. The molecule has 0 aromatic heterocycles. The number of rotatable bonds is 3. The SMILES string of the molecule is CSSCC1(C(C)(C)C)COC[C@H]1N. The summed E-state index contributed by atoms with van der Waals surface area (Å²) in [5, 5.41) is 0. The Bertz CT molecular complexity index is 193. The Morgan fingerprint density at radius 3 is 2.50 bits per heavy atom. The zero-order valence-electron chi connectivity index (χ0n) is 9.50. The monoisotopic (exact) mass is 235 g/mol. The lowest BCUT2D eigenvalue weighted by atomic mass is 9.65. The van der Waals surface area contributed by atoms with Crippen molar-refractivity contribution < 1.29 is 4.74 Å². The Labute approximate surface area is 95.1 Å². The van der Waals surface area contributed by atoms with E-state index in [2.05, 4.69) is 27.0 Å². The van der Waals surface area contributed by atoms with E-state index in [0.717, 1.165) is 12.4 Å². The Hall–Kier alpha value is 0.620. The summed E-state index contributed by atoms with van der Waals surface area (Å²) >= 11 is 0. The quantitative estimate of drug-likeness (QED) is 0.762. The Balaban J connectivity index is 2.79. The number of nitrogens with two attached hydrogens (primary N) is 1. The fourth-order valence-electron chi connectivity index (χ4n) is 1.94. The second-order valence-electron chi connectivity index (χ2n) is 4.96. The molecule has 0 radical (unpaired) electrons. The van der Waals surface area contributed by atoms with E-state index in [1.165, 1.54) is 0 Å². The van der Waals surface area contributed by atoms with Crippen LogP contribution in [0, 0.1) is 10.8 Å². The van der Waals surface area contributed by atoms with Crippen molar-refractivity contribution >= 4 is 21.6 Å². The van der Waals surface area contributed by atoms with Gasteiger partial charge in [-0.2, -0.15) is 0 Å². The van der Waals surface area contributed by atoms with Gasteiger partial charge in [-0.05, 0) is 11.7 Å². The highest BCUT2D eigenvalue weighted by Gasteiger charge is 2.50. The average Bonchev–Trinajstić information content (AvgIpc) is 2.43. The molecule has 0 amide bonds. The summed E-state index contributed by atoms with van der Waals surface area (Å²) in [5.74, 6) is 1.08. The summed E-state index contributed by atoms with van der Waals surface area (Å²) in [6.07, 6.45) is 2.11. The first-order chi connectivity index (χ1) is 6.44. The minimum Gasteiger partial charge on any atom is -0.379 e. The van der Waals surface area contributed by atoms with Crippen LogP contribution in [-0.2, 0) is 4.74 Å². The van der Waals surface area contributed by atoms with E-state index in [1.807, 2.05) is 21.6 Å². The summed E-state index contributed by atoms with van der Waals surface area (Å²) in [7, 11) is 3.70. The highest BCUT2D eigenvalue weighted by atomic mass is 33.1. The van der Waals surface area contributed by atoms with Crippen molar-refractivity contribution in [2.24, 2.45) is 16.6 Å². The minimum atomic E-state index is 0.140. The van der Waals surface area contributed by atoms with Crippen LogP contribution in [0.2, 0.25) is 0 Å². The Kier molecular flexibility index (Phi) is 4.21. The van der Waals surface area contributed by atoms with Crippen molar-refractivity contribution in [3.63, 3.8) is 0 Å². The van der Waals surface area contributed by atoms with Gasteiger partial charge in [-0.1, -0.05) is 42.4 Å². The van der Waals surface area contributed by atoms with Gasteiger partial charge in [0.2, 0.25) is 0 Å². The lowest BCUT2D eigenvalue weighted by Gasteiger charge is -2.43. The maximum atomic E-state index is 6.19. The van der Waals surface area contributed by atoms with E-state index in [9.17, 15) is 0 Å². The molecule has 1 aliphatic rings. The highest BCUT2D eigenvalue weighted by Crippen LogP contribution is 2.47. The predicted molar refractivity (Wildman–Crippen MR) is 66.7 cm³/mol. The molecule has 1 rings (SSSR count). The van der Waals surface area contributed by atoms with E-state index >= 15 is 0 Å². The summed E-state index contributed by atoms with van der Waals surface area (Å²) in [6, 6.07) is 0.183. The van der Waals surface area contributed by atoms with Gasteiger partial charge in [-0.25, -0.2) is 0 Å². The fraction of sp³-hybridized carbons (Fsp3) is 1.00. The van der Waals surface area contributed by atoms with Crippen LogP contribution in [0.1, 0.15) is 20.8 Å². The molecule has 0 aromatic carbocycles. The Morgan fingerprint density at radius 1 is 1.50 bits per heavy atom. The first kappa shape index (κ1) is 12.7. The largest absolute Gasteiger partial charge is 0.379 e. The summed E-state index contributed by atoms with van der Waals surface area (Å²) < 4.78 is 5.55. The molecule has 2 atom stereocenters. The number of ether oxygens (including phenoxy) is 1. The van der Waals surface area contributed by atoms with Gasteiger partial charge in [-0.3, -0.25) is 0 Å². The van der Waals surface area contributed by atoms with Crippen LogP contribution in [0.5, 0.6) is 0 Å².